The van der Waals surface area contributed by atoms with Crippen LogP contribution in [0.3, 0.4) is 0 Å². The largest absolute Gasteiger partial charge is 0.491 e. The number of unbranched alkanes of at least 4 members (excludes halogenated alkanes) is 1. The average molecular weight is 691 g/mol. The molecular formula is C38H47FN4O7. The van der Waals surface area contributed by atoms with Crippen LogP contribution in [-0.4, -0.2) is 73.0 Å². The molecule has 50 heavy (non-hydrogen) atoms. The van der Waals surface area contributed by atoms with Crippen molar-refractivity contribution in [1.82, 2.24) is 20.9 Å². The predicted octanol–water partition coefficient (Wildman–Crippen LogP) is 5.24. The normalized spacial score (nSPS) is 17.8. The number of benzene rings is 3. The number of para-hydroxylation sites is 3. The van der Waals surface area contributed by atoms with Crippen LogP contribution >= 0.6 is 0 Å². The number of nitrogens with one attached hydrogen (secondary N) is 3. The fourth-order valence-electron chi connectivity index (χ4n) is 5.44. The van der Waals surface area contributed by atoms with Crippen LogP contribution in [0, 0.1) is 11.7 Å². The fourth-order valence-corrected chi connectivity index (χ4v) is 5.44. The Morgan fingerprint density at radius 1 is 1.00 bits per heavy atom. The van der Waals surface area contributed by atoms with Crippen LogP contribution in [0.2, 0.25) is 0 Å². The van der Waals surface area contributed by atoms with E-state index in [9.17, 15) is 23.6 Å². The zero-order chi connectivity index (χ0) is 36.0. The monoisotopic (exact) mass is 690 g/mol. The second kappa shape index (κ2) is 18.6. The number of rotatable bonds is 12. The Kier molecular flexibility index (Phi) is 14.0. The number of halogens is 1. The maximum atomic E-state index is 13.8. The lowest BCUT2D eigenvalue weighted by Crippen LogP contribution is -2.54. The second-order valence-electron chi connectivity index (χ2n) is 12.7. The lowest BCUT2D eigenvalue weighted by atomic mass is 10.0. The third-order valence-electron chi connectivity index (χ3n) is 7.95. The van der Waals surface area contributed by atoms with E-state index in [1.165, 1.54) is 18.2 Å². The number of ether oxygens (including phenoxy) is 3. The summed E-state index contributed by atoms with van der Waals surface area (Å²) in [5.41, 5.74) is 0.193. The van der Waals surface area contributed by atoms with Crippen molar-refractivity contribution in [2.24, 2.45) is 5.92 Å². The third-order valence-corrected chi connectivity index (χ3v) is 7.95. The van der Waals surface area contributed by atoms with Gasteiger partial charge >= 0.3 is 0 Å². The molecule has 0 unspecified atom stereocenters. The number of carbonyl (C=O) groups excluding carboxylic acids is 4. The molecule has 3 aromatic carbocycles. The molecule has 4 rings (SSSR count). The van der Waals surface area contributed by atoms with Gasteiger partial charge in [0.15, 0.2) is 11.5 Å². The zero-order valence-electron chi connectivity index (χ0n) is 29.1. The van der Waals surface area contributed by atoms with Crippen molar-refractivity contribution >= 4 is 23.6 Å². The molecular weight excluding hydrogens is 643 g/mol. The molecule has 1 heterocycles. The Bertz CT molecular complexity index is 1620. The van der Waals surface area contributed by atoms with Crippen molar-refractivity contribution in [2.75, 3.05) is 26.3 Å². The molecule has 3 aromatic rings. The molecule has 0 saturated carbocycles. The first kappa shape index (κ1) is 37.7. The smallest absolute Gasteiger partial charge is 0.255 e. The van der Waals surface area contributed by atoms with Gasteiger partial charge in [0.1, 0.15) is 42.6 Å². The molecule has 0 aromatic heterocycles. The van der Waals surface area contributed by atoms with Crippen LogP contribution in [-0.2, 0) is 14.4 Å². The maximum absolute atomic E-state index is 13.8. The van der Waals surface area contributed by atoms with Gasteiger partial charge < -0.3 is 35.1 Å². The summed E-state index contributed by atoms with van der Waals surface area (Å²) in [6.07, 6.45) is 1.65. The summed E-state index contributed by atoms with van der Waals surface area (Å²) < 4.78 is 31.5. The molecule has 3 atom stereocenters. The van der Waals surface area contributed by atoms with Gasteiger partial charge in [-0.15, -0.1) is 0 Å². The number of hydrogen-bond acceptors (Lipinski definition) is 7. The van der Waals surface area contributed by atoms with Crippen molar-refractivity contribution in [3.8, 4) is 23.0 Å². The zero-order valence-corrected chi connectivity index (χ0v) is 29.1. The highest BCUT2D eigenvalue weighted by molar-refractivity contribution is 6.01. The molecule has 0 saturated heterocycles. The summed E-state index contributed by atoms with van der Waals surface area (Å²) >= 11 is 0. The van der Waals surface area contributed by atoms with Crippen LogP contribution in [0.25, 0.3) is 0 Å². The molecule has 1 aliphatic heterocycles. The van der Waals surface area contributed by atoms with Gasteiger partial charge in [-0.25, -0.2) is 4.39 Å². The van der Waals surface area contributed by atoms with Gasteiger partial charge in [0, 0.05) is 12.6 Å². The summed E-state index contributed by atoms with van der Waals surface area (Å²) in [7, 11) is 0. The lowest BCUT2D eigenvalue weighted by molar-refractivity contribution is -0.137. The third kappa shape index (κ3) is 11.2. The molecule has 0 fully saturated rings. The van der Waals surface area contributed by atoms with E-state index in [1.807, 2.05) is 20.8 Å². The molecule has 0 radical (unpaired) electrons. The van der Waals surface area contributed by atoms with E-state index < -0.39 is 48.1 Å². The minimum Gasteiger partial charge on any atom is -0.491 e. The van der Waals surface area contributed by atoms with Crippen LogP contribution < -0.4 is 30.2 Å². The molecule has 4 amide bonds. The molecule has 1 aliphatic rings. The first-order valence-corrected chi connectivity index (χ1v) is 17.1. The first-order chi connectivity index (χ1) is 24.0. The Hall–Kier alpha value is -5.13. The molecule has 0 aliphatic carbocycles. The van der Waals surface area contributed by atoms with Crippen molar-refractivity contribution in [3.63, 3.8) is 0 Å². The molecule has 3 N–H and O–H groups in total. The number of carbonyl (C=O) groups is 4. The average Bonchev–Trinajstić information content (AvgIpc) is 3.08. The summed E-state index contributed by atoms with van der Waals surface area (Å²) in [5.74, 6) is -0.991. The Morgan fingerprint density at radius 2 is 1.74 bits per heavy atom. The lowest BCUT2D eigenvalue weighted by Gasteiger charge is -2.30. The van der Waals surface area contributed by atoms with Crippen molar-refractivity contribution in [1.29, 1.82) is 0 Å². The number of nitrogens with zero attached hydrogens (tertiary/aromatic N) is 1. The number of fused-ring (bicyclic) bond motifs is 1. The number of hydrogen-bond donors (Lipinski definition) is 3. The van der Waals surface area contributed by atoms with E-state index in [0.717, 1.165) is 12.8 Å². The van der Waals surface area contributed by atoms with E-state index in [1.54, 1.807) is 66.4 Å². The van der Waals surface area contributed by atoms with Crippen LogP contribution in [0.1, 0.15) is 63.7 Å². The van der Waals surface area contributed by atoms with Crippen molar-refractivity contribution in [2.45, 2.75) is 71.5 Å². The SMILES string of the molecule is CCCCN1CCOc2ccccc2C(=O)N[C@@H](C(=O)N[C@H](C)COc2ccccc2Oc2cccc(F)c2)CC(=O)N[C@@H](CC(C)C)C1=O. The van der Waals surface area contributed by atoms with Gasteiger partial charge in [-0.05, 0) is 62.1 Å². The summed E-state index contributed by atoms with van der Waals surface area (Å²) in [6.45, 7) is 8.61. The van der Waals surface area contributed by atoms with Gasteiger partial charge in [-0.2, -0.15) is 0 Å². The Balaban J connectivity index is 1.51. The Labute approximate surface area is 292 Å². The van der Waals surface area contributed by atoms with Gasteiger partial charge in [0.05, 0.1) is 24.6 Å². The van der Waals surface area contributed by atoms with E-state index in [0.29, 0.717) is 36.0 Å². The van der Waals surface area contributed by atoms with Crippen molar-refractivity contribution in [3.05, 3.63) is 84.2 Å². The van der Waals surface area contributed by atoms with Crippen molar-refractivity contribution < 1.29 is 37.8 Å². The molecule has 0 spiro atoms. The highest BCUT2D eigenvalue weighted by Crippen LogP contribution is 2.31. The topological polar surface area (TPSA) is 135 Å². The quantitative estimate of drug-likeness (QED) is 0.237. The predicted molar refractivity (Wildman–Crippen MR) is 187 cm³/mol. The van der Waals surface area contributed by atoms with Gasteiger partial charge in [0.25, 0.3) is 5.91 Å². The van der Waals surface area contributed by atoms with E-state index in [-0.39, 0.29) is 37.1 Å². The van der Waals surface area contributed by atoms with E-state index >= 15 is 0 Å². The summed E-state index contributed by atoms with van der Waals surface area (Å²) in [4.78, 5) is 56.1. The van der Waals surface area contributed by atoms with E-state index in [4.69, 9.17) is 14.2 Å². The first-order valence-electron chi connectivity index (χ1n) is 17.1. The number of amides is 4. The van der Waals surface area contributed by atoms with Crippen LogP contribution in [0.15, 0.2) is 72.8 Å². The summed E-state index contributed by atoms with van der Waals surface area (Å²) in [6, 6.07) is 16.5. The standard InChI is InChI=1S/C38H47FN4O7/c1-5-6-18-43-19-20-48-32-15-8-7-14-29(32)36(45)42-30(23-35(44)41-31(38(43)47)21-25(2)3)37(46)40-26(4)24-49-33-16-9-10-17-34(33)50-28-13-11-12-27(39)22-28/h7-17,22,25-26,30-31H,5-6,18-21,23-24H2,1-4H3,(H,40,46)(H,41,44)(H,42,45)/t26-,30-,31+/m1/s1. The maximum Gasteiger partial charge on any atom is 0.255 e. The minimum atomic E-state index is -1.28. The molecule has 12 heteroatoms. The highest BCUT2D eigenvalue weighted by atomic mass is 19.1. The molecule has 0 bridgehead atoms. The van der Waals surface area contributed by atoms with Gasteiger partial charge in [0.2, 0.25) is 17.7 Å². The molecule has 11 nitrogen and oxygen atoms in total. The molecule has 268 valence electrons. The van der Waals surface area contributed by atoms with Gasteiger partial charge in [-0.1, -0.05) is 57.5 Å². The second-order valence-corrected chi connectivity index (χ2v) is 12.7. The highest BCUT2D eigenvalue weighted by Gasteiger charge is 2.31. The Morgan fingerprint density at radius 3 is 2.48 bits per heavy atom. The minimum absolute atomic E-state index is 0.0113. The summed E-state index contributed by atoms with van der Waals surface area (Å²) in [5, 5.41) is 8.37. The van der Waals surface area contributed by atoms with Gasteiger partial charge in [-0.3, -0.25) is 19.2 Å². The van der Waals surface area contributed by atoms with Crippen LogP contribution in [0.4, 0.5) is 4.39 Å². The van der Waals surface area contributed by atoms with Crippen LogP contribution in [0.5, 0.6) is 23.0 Å². The fraction of sp³-hybridized carbons (Fsp3) is 0.421. The van der Waals surface area contributed by atoms with E-state index in [2.05, 4.69) is 16.0 Å².